The molecule has 12 atom stereocenters. The molecule has 2 rings (SSSR count). The third kappa shape index (κ3) is 27.5. The van der Waals surface area contributed by atoms with Crippen molar-refractivity contribution in [1.82, 2.24) is 5.32 Å². The second kappa shape index (κ2) is 41.2. The summed E-state index contributed by atoms with van der Waals surface area (Å²) in [7, 11) is 0. The van der Waals surface area contributed by atoms with E-state index >= 15 is 0 Å². The largest absolute Gasteiger partial charge is 0.394 e. The Kier molecular flexibility index (Phi) is 38.1. The lowest BCUT2D eigenvalue weighted by atomic mass is 9.97. The number of hydrogen-bond acceptors (Lipinski definition) is 13. The van der Waals surface area contributed by atoms with E-state index in [9.17, 15) is 45.6 Å². The van der Waals surface area contributed by atoms with Crippen LogP contribution in [0.2, 0.25) is 0 Å². The lowest BCUT2D eigenvalue weighted by molar-refractivity contribution is -0.359. The predicted octanol–water partition coefficient (Wildman–Crippen LogP) is 8.33. The van der Waals surface area contributed by atoms with Gasteiger partial charge in [-0.05, 0) is 19.3 Å². The van der Waals surface area contributed by atoms with Crippen LogP contribution >= 0.6 is 0 Å². The van der Waals surface area contributed by atoms with E-state index in [0.717, 1.165) is 32.1 Å². The average molecular weight is 974 g/mol. The SMILES string of the molecule is CCCCCCCCCCCCCCCCCCCCCCCCCCCCCCC/C=C/C(O)C(COC1OC(CO)C(OC2OC(CO)C(O)C(O)C2O)C(O)C1O)NC(=O)CCCCC. The zero-order chi connectivity index (χ0) is 49.6. The van der Waals surface area contributed by atoms with Crippen LogP contribution in [0.15, 0.2) is 12.2 Å². The quantitative estimate of drug-likeness (QED) is 0.0207. The van der Waals surface area contributed by atoms with E-state index in [0.29, 0.717) is 6.42 Å². The molecule has 0 aliphatic carbocycles. The van der Waals surface area contributed by atoms with Crippen LogP contribution in [0.3, 0.4) is 0 Å². The molecule has 14 nitrogen and oxygen atoms in total. The highest BCUT2D eigenvalue weighted by Crippen LogP contribution is 2.30. The smallest absolute Gasteiger partial charge is 0.220 e. The summed E-state index contributed by atoms with van der Waals surface area (Å²) in [6, 6.07) is -0.905. The number of ether oxygens (including phenoxy) is 4. The summed E-state index contributed by atoms with van der Waals surface area (Å²) in [5.41, 5.74) is 0. The Hall–Kier alpha value is -1.27. The Morgan fingerprint density at radius 3 is 1.35 bits per heavy atom. The van der Waals surface area contributed by atoms with Crippen molar-refractivity contribution in [3.05, 3.63) is 12.2 Å². The van der Waals surface area contributed by atoms with Crippen molar-refractivity contribution >= 4 is 5.91 Å². The zero-order valence-electron chi connectivity index (χ0n) is 42.9. The van der Waals surface area contributed by atoms with Gasteiger partial charge in [-0.2, -0.15) is 0 Å². The van der Waals surface area contributed by atoms with E-state index in [1.54, 1.807) is 6.08 Å². The summed E-state index contributed by atoms with van der Waals surface area (Å²) >= 11 is 0. The third-order valence-corrected chi connectivity index (χ3v) is 14.0. The second-order valence-electron chi connectivity index (χ2n) is 20.1. The van der Waals surface area contributed by atoms with Gasteiger partial charge in [0, 0.05) is 6.42 Å². The number of aliphatic hydroxyl groups is 8. The Balaban J connectivity index is 1.55. The Bertz CT molecular complexity index is 1200. The molecule has 0 bridgehead atoms. The van der Waals surface area contributed by atoms with Crippen LogP contribution in [0.4, 0.5) is 0 Å². The molecule has 0 aromatic rings. The van der Waals surface area contributed by atoms with Gasteiger partial charge < -0.3 is 65.1 Å². The minimum atomic E-state index is -1.78. The molecule has 0 spiro atoms. The summed E-state index contributed by atoms with van der Waals surface area (Å²) in [4.78, 5) is 12.8. The highest BCUT2D eigenvalue weighted by molar-refractivity contribution is 5.76. The van der Waals surface area contributed by atoms with Crippen LogP contribution in [0.25, 0.3) is 0 Å². The standard InChI is InChI=1S/C54H103NO13/c1-3-5-7-8-9-10-11-12-13-14-15-16-17-18-19-20-21-22-23-24-25-26-27-28-29-30-31-32-33-34-36-37-43(58)42(55-46(59)38-35-6-4-2)41-65-53-51(64)49(62)52(45(40-57)67-53)68-54-50(63)48(61)47(60)44(39-56)66-54/h36-37,42-45,47-54,56-58,60-64H,3-35,38-41H2,1-2H3,(H,55,59)/b37-36+. The number of hydrogen-bond donors (Lipinski definition) is 9. The van der Waals surface area contributed by atoms with E-state index in [1.165, 1.54) is 173 Å². The van der Waals surface area contributed by atoms with Crippen molar-refractivity contribution < 1.29 is 64.6 Å². The molecule has 2 saturated heterocycles. The van der Waals surface area contributed by atoms with Gasteiger partial charge in [-0.25, -0.2) is 0 Å². The maximum absolute atomic E-state index is 12.8. The molecule has 14 heteroatoms. The number of carbonyl (C=O) groups is 1. The number of carbonyl (C=O) groups excluding carboxylic acids is 1. The molecule has 0 aromatic carbocycles. The van der Waals surface area contributed by atoms with Gasteiger partial charge >= 0.3 is 0 Å². The molecule has 2 aliphatic rings. The fourth-order valence-electron chi connectivity index (χ4n) is 9.41. The molecule has 2 heterocycles. The number of allylic oxidation sites excluding steroid dienone is 1. The summed E-state index contributed by atoms with van der Waals surface area (Å²) in [6.07, 6.45) is 29.7. The van der Waals surface area contributed by atoms with Gasteiger partial charge in [0.05, 0.1) is 32.0 Å². The number of unbranched alkanes of at least 4 members (excludes halogenated alkanes) is 31. The summed E-state index contributed by atoms with van der Waals surface area (Å²) < 4.78 is 22.5. The van der Waals surface area contributed by atoms with Gasteiger partial charge in [-0.15, -0.1) is 0 Å². The number of nitrogens with one attached hydrogen (secondary N) is 1. The molecular weight excluding hydrogens is 871 g/mol. The van der Waals surface area contributed by atoms with Gasteiger partial charge in [0.15, 0.2) is 12.6 Å². The molecule has 2 aliphatic heterocycles. The van der Waals surface area contributed by atoms with Gasteiger partial charge in [0.1, 0.15) is 48.8 Å². The minimum Gasteiger partial charge on any atom is -0.394 e. The maximum atomic E-state index is 12.8. The van der Waals surface area contributed by atoms with Crippen LogP contribution in [0.5, 0.6) is 0 Å². The summed E-state index contributed by atoms with van der Waals surface area (Å²) in [5, 5.41) is 86.2. The zero-order valence-corrected chi connectivity index (χ0v) is 42.9. The summed E-state index contributed by atoms with van der Waals surface area (Å²) in [6.45, 7) is 2.62. The Morgan fingerprint density at radius 2 is 0.912 bits per heavy atom. The molecule has 9 N–H and O–H groups in total. The molecular formula is C54H103NO13. The summed E-state index contributed by atoms with van der Waals surface area (Å²) in [5.74, 6) is -0.262. The Morgan fingerprint density at radius 1 is 0.515 bits per heavy atom. The van der Waals surface area contributed by atoms with E-state index in [4.69, 9.17) is 18.9 Å². The molecule has 2 fully saturated rings. The van der Waals surface area contributed by atoms with Crippen molar-refractivity contribution in [3.8, 4) is 0 Å². The first-order chi connectivity index (χ1) is 33.1. The highest BCUT2D eigenvalue weighted by atomic mass is 16.7. The van der Waals surface area contributed by atoms with Crippen molar-refractivity contribution in [2.24, 2.45) is 0 Å². The fourth-order valence-corrected chi connectivity index (χ4v) is 9.41. The van der Waals surface area contributed by atoms with Crippen molar-refractivity contribution in [2.45, 2.75) is 306 Å². The number of aliphatic hydroxyl groups excluding tert-OH is 8. The molecule has 12 unspecified atom stereocenters. The molecule has 0 aromatic heterocycles. The van der Waals surface area contributed by atoms with E-state index in [2.05, 4.69) is 12.2 Å². The van der Waals surface area contributed by atoms with Crippen LogP contribution in [-0.2, 0) is 23.7 Å². The number of amides is 1. The van der Waals surface area contributed by atoms with Crippen molar-refractivity contribution in [3.63, 3.8) is 0 Å². The van der Waals surface area contributed by atoms with Gasteiger partial charge in [-0.3, -0.25) is 4.79 Å². The first-order valence-corrected chi connectivity index (χ1v) is 27.9. The Labute approximate surface area is 412 Å². The molecule has 1 amide bonds. The van der Waals surface area contributed by atoms with Gasteiger partial charge in [0.2, 0.25) is 5.91 Å². The van der Waals surface area contributed by atoms with E-state index in [-0.39, 0.29) is 18.9 Å². The van der Waals surface area contributed by atoms with Crippen molar-refractivity contribution in [1.29, 1.82) is 0 Å². The molecule has 0 radical (unpaired) electrons. The molecule has 0 saturated carbocycles. The predicted molar refractivity (Wildman–Crippen MR) is 268 cm³/mol. The normalized spacial score (nSPS) is 26.4. The van der Waals surface area contributed by atoms with E-state index < -0.39 is 86.8 Å². The van der Waals surface area contributed by atoms with Crippen LogP contribution in [0.1, 0.15) is 232 Å². The second-order valence-corrected chi connectivity index (χ2v) is 20.1. The van der Waals surface area contributed by atoms with Gasteiger partial charge in [-0.1, -0.05) is 219 Å². The third-order valence-electron chi connectivity index (χ3n) is 14.0. The lowest BCUT2D eigenvalue weighted by Crippen LogP contribution is -2.65. The monoisotopic (exact) mass is 974 g/mol. The topological polar surface area (TPSA) is 228 Å². The number of rotatable bonds is 44. The van der Waals surface area contributed by atoms with Crippen LogP contribution in [-0.4, -0.2) is 140 Å². The van der Waals surface area contributed by atoms with E-state index in [1.807, 2.05) is 13.0 Å². The minimum absolute atomic E-state index is 0.262. The average Bonchev–Trinajstić information content (AvgIpc) is 3.33. The first-order valence-electron chi connectivity index (χ1n) is 27.9. The fraction of sp³-hybridized carbons (Fsp3) is 0.944. The molecule has 402 valence electrons. The van der Waals surface area contributed by atoms with Gasteiger partial charge in [0.25, 0.3) is 0 Å². The van der Waals surface area contributed by atoms with Crippen LogP contribution in [0, 0.1) is 0 Å². The van der Waals surface area contributed by atoms with Crippen LogP contribution < -0.4 is 5.32 Å². The highest BCUT2D eigenvalue weighted by Gasteiger charge is 2.51. The molecule has 68 heavy (non-hydrogen) atoms. The van der Waals surface area contributed by atoms with Crippen molar-refractivity contribution in [2.75, 3.05) is 19.8 Å². The first kappa shape index (κ1) is 62.8. The maximum Gasteiger partial charge on any atom is 0.220 e. The lowest BCUT2D eigenvalue weighted by Gasteiger charge is -2.46.